The smallest absolute Gasteiger partial charge is 0.161 e. The summed E-state index contributed by atoms with van der Waals surface area (Å²) in [5.74, 6) is 1.73. The number of nitrogens with two attached hydrogens (primary N) is 1. The van der Waals surface area contributed by atoms with Crippen molar-refractivity contribution in [3.8, 4) is 5.75 Å². The predicted octanol–water partition coefficient (Wildman–Crippen LogP) is 1.39. The van der Waals surface area contributed by atoms with Gasteiger partial charge in [-0.05, 0) is 36.9 Å². The van der Waals surface area contributed by atoms with Gasteiger partial charge in [-0.2, -0.15) is 0 Å². The molecule has 92 valence electrons. The Morgan fingerprint density at radius 3 is 2.89 bits per heavy atom. The first-order valence-corrected chi connectivity index (χ1v) is 5.84. The average molecular weight is 242 g/mol. The van der Waals surface area contributed by atoms with Gasteiger partial charge in [-0.1, -0.05) is 0 Å². The number of ether oxygens (including phenoxy) is 1. The second-order valence-corrected chi connectivity index (χ2v) is 4.11. The van der Waals surface area contributed by atoms with Crippen LogP contribution in [0.2, 0.25) is 0 Å². The Labute approximate surface area is 104 Å². The molecule has 0 amide bonds. The largest absolute Gasteiger partial charge is 0.497 e. The zero-order chi connectivity index (χ0) is 12.5. The Morgan fingerprint density at radius 2 is 2.11 bits per heavy atom. The van der Waals surface area contributed by atoms with Crippen molar-refractivity contribution >= 4 is 16.6 Å². The Balaban J connectivity index is 2.33. The molecule has 18 heavy (non-hydrogen) atoms. The van der Waals surface area contributed by atoms with Crippen LogP contribution in [0.3, 0.4) is 0 Å². The molecule has 0 spiro atoms. The van der Waals surface area contributed by atoms with E-state index in [0.29, 0.717) is 13.0 Å². The van der Waals surface area contributed by atoms with Crippen molar-refractivity contribution in [2.75, 3.05) is 13.7 Å². The molecule has 2 N–H and O–H groups in total. The first-order valence-electron chi connectivity index (χ1n) is 5.84. The van der Waals surface area contributed by atoms with Crippen molar-refractivity contribution in [3.63, 3.8) is 0 Å². The number of pyridine rings is 1. The molecule has 2 aromatic heterocycles. The van der Waals surface area contributed by atoms with Crippen LogP contribution in [0.1, 0.15) is 5.82 Å². The maximum absolute atomic E-state index is 5.60. The van der Waals surface area contributed by atoms with Gasteiger partial charge in [0.2, 0.25) is 0 Å². The maximum Gasteiger partial charge on any atom is 0.161 e. The molecule has 0 unspecified atom stereocenters. The number of fused-ring (bicyclic) bond motifs is 3. The molecule has 0 bridgehead atoms. The SMILES string of the molecule is COc1ccc2c(ccc3nnc(CCN)n32)c1. The third kappa shape index (κ3) is 1.60. The van der Waals surface area contributed by atoms with Gasteiger partial charge < -0.3 is 10.5 Å². The maximum atomic E-state index is 5.60. The van der Waals surface area contributed by atoms with Gasteiger partial charge in [-0.15, -0.1) is 10.2 Å². The molecular weight excluding hydrogens is 228 g/mol. The molecule has 3 rings (SSSR count). The Hall–Kier alpha value is -2.14. The van der Waals surface area contributed by atoms with Crippen molar-refractivity contribution in [2.45, 2.75) is 6.42 Å². The van der Waals surface area contributed by atoms with Crippen LogP contribution in [0.15, 0.2) is 30.3 Å². The molecule has 0 fully saturated rings. The quantitative estimate of drug-likeness (QED) is 0.753. The van der Waals surface area contributed by atoms with Crippen molar-refractivity contribution in [3.05, 3.63) is 36.2 Å². The first kappa shape index (κ1) is 11.0. The van der Waals surface area contributed by atoms with E-state index in [1.807, 2.05) is 34.7 Å². The minimum Gasteiger partial charge on any atom is -0.497 e. The summed E-state index contributed by atoms with van der Waals surface area (Å²) < 4.78 is 7.28. The number of hydrogen-bond acceptors (Lipinski definition) is 4. The Kier molecular flexibility index (Phi) is 2.60. The van der Waals surface area contributed by atoms with Gasteiger partial charge in [0.15, 0.2) is 5.65 Å². The first-order chi connectivity index (χ1) is 8.83. The highest BCUT2D eigenvalue weighted by atomic mass is 16.5. The normalized spacial score (nSPS) is 11.2. The standard InChI is InChI=1S/C13H14N4O/c1-18-10-3-4-11-9(8-10)2-5-12-15-16-13(6-7-14)17(11)12/h2-5,8H,6-7,14H2,1H3. The zero-order valence-electron chi connectivity index (χ0n) is 10.1. The van der Waals surface area contributed by atoms with Crippen LogP contribution in [0.4, 0.5) is 0 Å². The topological polar surface area (TPSA) is 65.4 Å². The Bertz CT molecular complexity index is 705. The number of aromatic nitrogens is 3. The fourth-order valence-corrected chi connectivity index (χ4v) is 2.15. The van der Waals surface area contributed by atoms with Crippen molar-refractivity contribution in [1.82, 2.24) is 14.6 Å². The van der Waals surface area contributed by atoms with E-state index in [2.05, 4.69) is 10.2 Å². The van der Waals surface area contributed by atoms with Gasteiger partial charge >= 0.3 is 0 Å². The second-order valence-electron chi connectivity index (χ2n) is 4.11. The number of benzene rings is 1. The molecule has 5 heteroatoms. The van der Waals surface area contributed by atoms with Gasteiger partial charge in [-0.3, -0.25) is 4.40 Å². The average Bonchev–Trinajstić information content (AvgIpc) is 2.82. The summed E-state index contributed by atoms with van der Waals surface area (Å²) in [7, 11) is 1.66. The lowest BCUT2D eigenvalue weighted by atomic mass is 10.2. The lowest BCUT2D eigenvalue weighted by Gasteiger charge is -2.06. The van der Waals surface area contributed by atoms with Crippen LogP contribution in [0.5, 0.6) is 5.75 Å². The highest BCUT2D eigenvalue weighted by molar-refractivity contribution is 5.83. The van der Waals surface area contributed by atoms with E-state index in [9.17, 15) is 0 Å². The van der Waals surface area contributed by atoms with E-state index < -0.39 is 0 Å². The van der Waals surface area contributed by atoms with Crippen LogP contribution in [-0.2, 0) is 6.42 Å². The third-order valence-electron chi connectivity index (χ3n) is 3.01. The molecular formula is C13H14N4O. The van der Waals surface area contributed by atoms with Gasteiger partial charge in [0.25, 0.3) is 0 Å². The Morgan fingerprint density at radius 1 is 1.22 bits per heavy atom. The molecule has 2 heterocycles. The summed E-state index contributed by atoms with van der Waals surface area (Å²) >= 11 is 0. The van der Waals surface area contributed by atoms with Gasteiger partial charge in [0, 0.05) is 11.8 Å². The number of hydrogen-bond donors (Lipinski definition) is 1. The summed E-state index contributed by atoms with van der Waals surface area (Å²) in [5.41, 5.74) is 7.51. The molecule has 3 aromatic rings. The van der Waals surface area contributed by atoms with Crippen LogP contribution in [0, 0.1) is 0 Å². The molecule has 1 aromatic carbocycles. The molecule has 0 aliphatic heterocycles. The van der Waals surface area contributed by atoms with E-state index in [1.165, 1.54) is 0 Å². The van der Waals surface area contributed by atoms with Gasteiger partial charge in [0.1, 0.15) is 11.6 Å². The minimum atomic E-state index is 0.563. The lowest BCUT2D eigenvalue weighted by Crippen LogP contribution is -2.06. The third-order valence-corrected chi connectivity index (χ3v) is 3.01. The monoisotopic (exact) mass is 242 g/mol. The second kappa shape index (κ2) is 4.27. The van der Waals surface area contributed by atoms with E-state index >= 15 is 0 Å². The van der Waals surface area contributed by atoms with E-state index in [-0.39, 0.29) is 0 Å². The number of rotatable bonds is 3. The van der Waals surface area contributed by atoms with Crippen molar-refractivity contribution in [2.24, 2.45) is 5.73 Å². The van der Waals surface area contributed by atoms with Crippen LogP contribution in [-0.4, -0.2) is 28.3 Å². The van der Waals surface area contributed by atoms with Crippen LogP contribution >= 0.6 is 0 Å². The van der Waals surface area contributed by atoms with Crippen molar-refractivity contribution < 1.29 is 4.74 Å². The number of methoxy groups -OCH3 is 1. The van der Waals surface area contributed by atoms with E-state index in [1.54, 1.807) is 7.11 Å². The highest BCUT2D eigenvalue weighted by Gasteiger charge is 2.08. The van der Waals surface area contributed by atoms with E-state index in [0.717, 1.165) is 28.1 Å². The summed E-state index contributed by atoms with van der Waals surface area (Å²) in [6.45, 7) is 0.563. The van der Waals surface area contributed by atoms with E-state index in [4.69, 9.17) is 10.5 Å². The molecule has 0 saturated carbocycles. The predicted molar refractivity (Wildman–Crippen MR) is 69.8 cm³/mol. The molecule has 0 aliphatic rings. The molecule has 0 aliphatic carbocycles. The molecule has 0 atom stereocenters. The highest BCUT2D eigenvalue weighted by Crippen LogP contribution is 2.22. The van der Waals surface area contributed by atoms with Crippen LogP contribution < -0.4 is 10.5 Å². The summed E-state index contributed by atoms with van der Waals surface area (Å²) in [6.07, 6.45) is 0.715. The molecule has 0 saturated heterocycles. The van der Waals surface area contributed by atoms with Gasteiger partial charge in [0.05, 0.1) is 12.6 Å². The summed E-state index contributed by atoms with van der Waals surface area (Å²) in [5, 5.41) is 9.43. The fraction of sp³-hybridized carbons (Fsp3) is 0.231. The fourth-order valence-electron chi connectivity index (χ4n) is 2.15. The minimum absolute atomic E-state index is 0.563. The summed E-state index contributed by atoms with van der Waals surface area (Å²) in [4.78, 5) is 0. The lowest BCUT2D eigenvalue weighted by molar-refractivity contribution is 0.415. The number of nitrogens with zero attached hydrogens (tertiary/aromatic N) is 3. The molecule has 5 nitrogen and oxygen atoms in total. The van der Waals surface area contributed by atoms with Gasteiger partial charge in [-0.25, -0.2) is 0 Å². The summed E-state index contributed by atoms with van der Waals surface area (Å²) in [6, 6.07) is 9.93. The molecule has 0 radical (unpaired) electrons. The zero-order valence-corrected chi connectivity index (χ0v) is 10.1. The van der Waals surface area contributed by atoms with Crippen LogP contribution in [0.25, 0.3) is 16.6 Å². The van der Waals surface area contributed by atoms with Crippen molar-refractivity contribution in [1.29, 1.82) is 0 Å².